The fraction of sp³-hybridized carbons (Fsp3) is 0.333. The molecule has 4 heteroatoms. The van der Waals surface area contributed by atoms with Gasteiger partial charge in [-0.2, -0.15) is 0 Å². The standard InChI is InChI=1S/C12H12FNO2/c1-14-11(15)7-9(12(14)16)6-8-4-2-3-5-10(8)13/h2-5,9H,6-7H2,1H3. The zero-order valence-electron chi connectivity index (χ0n) is 8.94. The zero-order chi connectivity index (χ0) is 11.7. The van der Waals surface area contributed by atoms with Crippen LogP contribution in [0.1, 0.15) is 12.0 Å². The predicted molar refractivity (Wildman–Crippen MR) is 56.0 cm³/mol. The van der Waals surface area contributed by atoms with Crippen LogP contribution in [0.3, 0.4) is 0 Å². The van der Waals surface area contributed by atoms with Gasteiger partial charge in [0.2, 0.25) is 11.8 Å². The molecule has 1 aromatic rings. The average Bonchev–Trinajstić information content (AvgIpc) is 2.50. The first-order chi connectivity index (χ1) is 7.59. The van der Waals surface area contributed by atoms with E-state index in [0.717, 1.165) is 4.90 Å². The van der Waals surface area contributed by atoms with Gasteiger partial charge in [-0.1, -0.05) is 18.2 Å². The van der Waals surface area contributed by atoms with Gasteiger partial charge in [0.25, 0.3) is 0 Å². The minimum atomic E-state index is -0.408. The Hall–Kier alpha value is -1.71. The molecule has 1 fully saturated rings. The van der Waals surface area contributed by atoms with Gasteiger partial charge in [0, 0.05) is 13.5 Å². The molecule has 0 aromatic heterocycles. The number of imide groups is 1. The number of benzene rings is 1. The van der Waals surface area contributed by atoms with Crippen molar-refractivity contribution in [3.05, 3.63) is 35.6 Å². The molecule has 0 spiro atoms. The Kier molecular flexibility index (Phi) is 2.73. The van der Waals surface area contributed by atoms with Crippen LogP contribution in [-0.2, 0) is 16.0 Å². The third-order valence-corrected chi connectivity index (χ3v) is 2.90. The molecule has 3 nitrogen and oxygen atoms in total. The second-order valence-corrected chi connectivity index (χ2v) is 3.99. The van der Waals surface area contributed by atoms with E-state index in [4.69, 9.17) is 0 Å². The van der Waals surface area contributed by atoms with Crippen LogP contribution in [0.5, 0.6) is 0 Å². The first-order valence-corrected chi connectivity index (χ1v) is 5.13. The van der Waals surface area contributed by atoms with E-state index in [1.807, 2.05) is 0 Å². The van der Waals surface area contributed by atoms with E-state index in [1.165, 1.54) is 13.1 Å². The van der Waals surface area contributed by atoms with Crippen molar-refractivity contribution in [3.63, 3.8) is 0 Å². The van der Waals surface area contributed by atoms with Crippen molar-refractivity contribution >= 4 is 11.8 Å². The molecular weight excluding hydrogens is 209 g/mol. The molecule has 1 saturated heterocycles. The molecule has 1 aliphatic heterocycles. The Morgan fingerprint density at radius 3 is 2.62 bits per heavy atom. The largest absolute Gasteiger partial charge is 0.285 e. The van der Waals surface area contributed by atoms with Crippen LogP contribution in [0.4, 0.5) is 4.39 Å². The first-order valence-electron chi connectivity index (χ1n) is 5.13. The van der Waals surface area contributed by atoms with Crippen molar-refractivity contribution < 1.29 is 14.0 Å². The number of halogens is 1. The van der Waals surface area contributed by atoms with Gasteiger partial charge in [0.15, 0.2) is 0 Å². The van der Waals surface area contributed by atoms with E-state index in [1.54, 1.807) is 18.2 Å². The topological polar surface area (TPSA) is 37.4 Å². The number of hydrogen-bond acceptors (Lipinski definition) is 2. The van der Waals surface area contributed by atoms with E-state index in [9.17, 15) is 14.0 Å². The molecule has 2 amide bonds. The Morgan fingerprint density at radius 2 is 2.06 bits per heavy atom. The van der Waals surface area contributed by atoms with E-state index < -0.39 is 5.92 Å². The number of carbonyl (C=O) groups is 2. The van der Waals surface area contributed by atoms with Crippen molar-refractivity contribution in [2.24, 2.45) is 5.92 Å². The predicted octanol–water partition coefficient (Wildman–Crippen LogP) is 1.37. The number of carbonyl (C=O) groups excluding carboxylic acids is 2. The van der Waals surface area contributed by atoms with Gasteiger partial charge in [-0.15, -0.1) is 0 Å². The number of hydrogen-bond donors (Lipinski definition) is 0. The highest BCUT2D eigenvalue weighted by Gasteiger charge is 2.36. The summed E-state index contributed by atoms with van der Waals surface area (Å²) in [5.41, 5.74) is 0.490. The summed E-state index contributed by atoms with van der Waals surface area (Å²) in [6.07, 6.45) is 0.477. The summed E-state index contributed by atoms with van der Waals surface area (Å²) in [4.78, 5) is 24.0. The summed E-state index contributed by atoms with van der Waals surface area (Å²) in [6, 6.07) is 6.33. The lowest BCUT2D eigenvalue weighted by Gasteiger charge is -2.09. The molecule has 1 aromatic carbocycles. The van der Waals surface area contributed by atoms with Crippen LogP contribution in [0.25, 0.3) is 0 Å². The maximum atomic E-state index is 13.4. The first kappa shape index (κ1) is 10.8. The smallest absolute Gasteiger partial charge is 0.232 e. The second kappa shape index (κ2) is 4.04. The van der Waals surface area contributed by atoms with Gasteiger partial charge < -0.3 is 0 Å². The lowest BCUT2D eigenvalue weighted by Crippen LogP contribution is -2.26. The van der Waals surface area contributed by atoms with E-state index >= 15 is 0 Å². The lowest BCUT2D eigenvalue weighted by molar-refractivity contribution is -0.137. The SMILES string of the molecule is CN1C(=O)CC(Cc2ccccc2F)C1=O. The zero-order valence-corrected chi connectivity index (χ0v) is 8.94. The Balaban J connectivity index is 2.15. The van der Waals surface area contributed by atoms with Gasteiger partial charge in [-0.05, 0) is 18.1 Å². The van der Waals surface area contributed by atoms with Gasteiger partial charge in [-0.25, -0.2) is 4.39 Å². The summed E-state index contributed by atoms with van der Waals surface area (Å²) in [5.74, 6) is -1.13. The van der Waals surface area contributed by atoms with Crippen LogP contribution < -0.4 is 0 Å². The Morgan fingerprint density at radius 1 is 1.38 bits per heavy atom. The second-order valence-electron chi connectivity index (χ2n) is 3.99. The van der Waals surface area contributed by atoms with E-state index in [0.29, 0.717) is 12.0 Å². The minimum absolute atomic E-state index is 0.184. The summed E-state index contributed by atoms with van der Waals surface area (Å²) >= 11 is 0. The molecule has 1 aliphatic rings. The molecule has 0 aliphatic carbocycles. The third-order valence-electron chi connectivity index (χ3n) is 2.90. The maximum absolute atomic E-state index is 13.4. The fourth-order valence-electron chi connectivity index (χ4n) is 1.92. The molecule has 1 heterocycles. The molecule has 1 atom stereocenters. The monoisotopic (exact) mass is 221 g/mol. The molecular formula is C12H12FNO2. The van der Waals surface area contributed by atoms with Crippen LogP contribution in [0.2, 0.25) is 0 Å². The number of nitrogens with zero attached hydrogens (tertiary/aromatic N) is 1. The third kappa shape index (κ3) is 1.83. The van der Waals surface area contributed by atoms with Crippen LogP contribution in [0, 0.1) is 11.7 Å². The lowest BCUT2D eigenvalue weighted by atomic mass is 9.97. The van der Waals surface area contributed by atoms with Crippen LogP contribution in [0.15, 0.2) is 24.3 Å². The van der Waals surface area contributed by atoms with Gasteiger partial charge in [0.1, 0.15) is 5.82 Å². The normalized spacial score (nSPS) is 20.6. The summed E-state index contributed by atoms with van der Waals surface area (Å²) in [7, 11) is 1.46. The minimum Gasteiger partial charge on any atom is -0.285 e. The average molecular weight is 221 g/mol. The van der Waals surface area contributed by atoms with Gasteiger partial charge >= 0.3 is 0 Å². The fourth-order valence-corrected chi connectivity index (χ4v) is 1.92. The molecule has 1 unspecified atom stereocenters. The van der Waals surface area contributed by atoms with Crippen molar-refractivity contribution in [1.29, 1.82) is 0 Å². The molecule has 84 valence electrons. The van der Waals surface area contributed by atoms with Gasteiger partial charge in [-0.3, -0.25) is 14.5 Å². The summed E-state index contributed by atoms with van der Waals surface area (Å²) < 4.78 is 13.4. The van der Waals surface area contributed by atoms with Crippen molar-refractivity contribution in [2.75, 3.05) is 7.05 Å². The molecule has 0 saturated carbocycles. The van der Waals surface area contributed by atoms with Crippen molar-refractivity contribution in [3.8, 4) is 0 Å². The Bertz CT molecular complexity index is 444. The molecule has 2 rings (SSSR count). The highest BCUT2D eigenvalue weighted by atomic mass is 19.1. The summed E-state index contributed by atoms with van der Waals surface area (Å²) in [5, 5.41) is 0. The highest BCUT2D eigenvalue weighted by molar-refractivity contribution is 6.03. The number of likely N-dealkylation sites (tertiary alicyclic amines) is 1. The maximum Gasteiger partial charge on any atom is 0.232 e. The Labute approximate surface area is 92.9 Å². The van der Waals surface area contributed by atoms with Crippen molar-refractivity contribution in [1.82, 2.24) is 4.90 Å². The number of rotatable bonds is 2. The molecule has 16 heavy (non-hydrogen) atoms. The highest BCUT2D eigenvalue weighted by Crippen LogP contribution is 2.23. The van der Waals surface area contributed by atoms with Gasteiger partial charge in [0.05, 0.1) is 5.92 Å². The van der Waals surface area contributed by atoms with Crippen LogP contribution in [-0.4, -0.2) is 23.8 Å². The molecule has 0 N–H and O–H groups in total. The quantitative estimate of drug-likeness (QED) is 0.707. The van der Waals surface area contributed by atoms with Crippen LogP contribution >= 0.6 is 0 Å². The molecule has 0 bridgehead atoms. The van der Waals surface area contributed by atoms with E-state index in [-0.39, 0.29) is 24.1 Å². The van der Waals surface area contributed by atoms with E-state index in [2.05, 4.69) is 0 Å². The summed E-state index contributed by atoms with van der Waals surface area (Å²) in [6.45, 7) is 0. The van der Waals surface area contributed by atoms with Crippen molar-refractivity contribution in [2.45, 2.75) is 12.8 Å². The number of amides is 2. The molecule has 0 radical (unpaired) electrons.